The van der Waals surface area contributed by atoms with Gasteiger partial charge in [0, 0.05) is 11.6 Å². The van der Waals surface area contributed by atoms with Crippen molar-refractivity contribution in [2.24, 2.45) is 0 Å². The van der Waals surface area contributed by atoms with Crippen LogP contribution in [0.4, 0.5) is 0 Å². The third-order valence-corrected chi connectivity index (χ3v) is 4.22. The molecule has 0 saturated heterocycles. The maximum atomic E-state index is 12.4. The maximum Gasteiger partial charge on any atom is 0.339 e. The van der Waals surface area contributed by atoms with Gasteiger partial charge in [-0.15, -0.1) is 0 Å². The van der Waals surface area contributed by atoms with Crippen LogP contribution in [0, 0.1) is 6.92 Å². The van der Waals surface area contributed by atoms with Gasteiger partial charge in [-0.3, -0.25) is 0 Å². The van der Waals surface area contributed by atoms with Gasteiger partial charge in [-0.05, 0) is 19.1 Å². The lowest BCUT2D eigenvalue weighted by Gasteiger charge is -2.13. The van der Waals surface area contributed by atoms with Crippen molar-refractivity contribution in [2.45, 2.75) is 6.92 Å². The van der Waals surface area contributed by atoms with Crippen molar-refractivity contribution in [1.29, 1.82) is 0 Å². The number of aromatic nitrogens is 1. The van der Waals surface area contributed by atoms with Crippen molar-refractivity contribution < 1.29 is 39.2 Å². The first-order valence-electron chi connectivity index (χ1n) is 7.58. The molecule has 0 aliphatic heterocycles. The number of carboxylic acid groups (broad SMARTS) is 3. The van der Waals surface area contributed by atoms with E-state index in [0.29, 0.717) is 5.56 Å². The smallest absolute Gasteiger partial charge is 0.339 e. The average Bonchev–Trinajstić information content (AvgIpc) is 3.00. The van der Waals surface area contributed by atoms with E-state index in [4.69, 9.17) is 4.74 Å². The van der Waals surface area contributed by atoms with Crippen LogP contribution in [0.3, 0.4) is 0 Å². The number of nitrogens with zero attached hydrogens (tertiary/aromatic N) is 1. The molecule has 2 aromatic heterocycles. The van der Waals surface area contributed by atoms with Gasteiger partial charge >= 0.3 is 23.9 Å². The Bertz CT molecular complexity index is 1170. The van der Waals surface area contributed by atoms with E-state index in [0.717, 1.165) is 17.7 Å². The number of pyridine rings is 1. The maximum absolute atomic E-state index is 12.4. The van der Waals surface area contributed by atoms with E-state index in [1.807, 2.05) is 0 Å². The molecular weight excluding hydrogens is 358 g/mol. The van der Waals surface area contributed by atoms with E-state index >= 15 is 0 Å². The normalized spacial score (nSPS) is 10.9. The van der Waals surface area contributed by atoms with Crippen molar-refractivity contribution in [1.82, 2.24) is 4.40 Å². The van der Waals surface area contributed by atoms with Gasteiger partial charge in [-0.1, -0.05) is 11.6 Å². The molecule has 9 heteroatoms. The fraction of sp³-hybridized carbons (Fsp3) is 0.111. The van der Waals surface area contributed by atoms with E-state index < -0.39 is 46.1 Å². The Hall–Kier alpha value is -3.88. The summed E-state index contributed by atoms with van der Waals surface area (Å²) in [5, 5.41) is 28.8. The summed E-state index contributed by atoms with van der Waals surface area (Å²) in [6.07, 6.45) is 1.03. The molecule has 0 amide bonds. The Morgan fingerprint density at radius 2 is 1.56 bits per heavy atom. The highest BCUT2D eigenvalue weighted by molar-refractivity contribution is 6.20. The summed E-state index contributed by atoms with van der Waals surface area (Å²) in [4.78, 5) is 47.6. The van der Waals surface area contributed by atoms with Crippen LogP contribution in [0.2, 0.25) is 0 Å². The predicted molar refractivity (Wildman–Crippen MR) is 91.9 cm³/mol. The van der Waals surface area contributed by atoms with E-state index in [1.165, 1.54) is 0 Å². The van der Waals surface area contributed by atoms with Crippen LogP contribution in [-0.2, 0) is 4.74 Å². The predicted octanol–water partition coefficient (Wildman–Crippen LogP) is 2.28. The highest BCUT2D eigenvalue weighted by Crippen LogP contribution is 2.33. The monoisotopic (exact) mass is 371 g/mol. The number of carbonyl (C=O) groups is 4. The Morgan fingerprint density at radius 1 is 0.926 bits per heavy atom. The highest BCUT2D eigenvalue weighted by atomic mass is 16.5. The quantitative estimate of drug-likeness (QED) is 0.593. The second-order valence-electron chi connectivity index (χ2n) is 5.81. The SMILES string of the molecule is COC(=O)c1c(C(=O)O)c2c(C(=O)O)c(C(=O)O)cn2c2ccc(C)cc12. The zero-order valence-corrected chi connectivity index (χ0v) is 14.1. The topological polar surface area (TPSA) is 143 Å². The largest absolute Gasteiger partial charge is 0.478 e. The zero-order chi connectivity index (χ0) is 20.0. The van der Waals surface area contributed by atoms with E-state index in [-0.39, 0.29) is 16.5 Å². The number of hydrogen-bond acceptors (Lipinski definition) is 5. The molecule has 2 heterocycles. The van der Waals surface area contributed by atoms with Gasteiger partial charge in [0.15, 0.2) is 0 Å². The first-order chi connectivity index (χ1) is 12.7. The molecule has 3 aromatic rings. The van der Waals surface area contributed by atoms with Gasteiger partial charge in [0.1, 0.15) is 5.56 Å². The summed E-state index contributed by atoms with van der Waals surface area (Å²) < 4.78 is 5.87. The molecule has 3 rings (SSSR count). The third kappa shape index (κ3) is 2.56. The lowest BCUT2D eigenvalue weighted by molar-refractivity contribution is 0.0584. The minimum Gasteiger partial charge on any atom is -0.478 e. The lowest BCUT2D eigenvalue weighted by Crippen LogP contribution is -2.15. The molecule has 0 saturated carbocycles. The second kappa shape index (κ2) is 6.13. The molecule has 0 aliphatic rings. The number of benzene rings is 1. The first kappa shape index (κ1) is 17.9. The van der Waals surface area contributed by atoms with Crippen LogP contribution >= 0.6 is 0 Å². The van der Waals surface area contributed by atoms with Crippen molar-refractivity contribution in [3.63, 3.8) is 0 Å². The molecule has 0 aliphatic carbocycles. The average molecular weight is 371 g/mol. The van der Waals surface area contributed by atoms with Gasteiger partial charge in [0.25, 0.3) is 0 Å². The fourth-order valence-corrected chi connectivity index (χ4v) is 3.16. The number of esters is 1. The van der Waals surface area contributed by atoms with Crippen LogP contribution in [0.25, 0.3) is 16.4 Å². The van der Waals surface area contributed by atoms with Gasteiger partial charge < -0.3 is 24.5 Å². The van der Waals surface area contributed by atoms with Gasteiger partial charge in [0.05, 0.1) is 34.8 Å². The molecule has 138 valence electrons. The Balaban J connectivity index is 2.75. The Kier molecular flexibility index (Phi) is 4.07. The molecule has 0 atom stereocenters. The number of carboxylic acids is 3. The van der Waals surface area contributed by atoms with E-state index in [1.54, 1.807) is 25.1 Å². The minimum atomic E-state index is -1.63. The summed E-state index contributed by atoms with van der Waals surface area (Å²) in [7, 11) is 1.07. The van der Waals surface area contributed by atoms with Crippen LogP contribution in [0.1, 0.15) is 47.0 Å². The molecule has 0 bridgehead atoms. The van der Waals surface area contributed by atoms with Crippen molar-refractivity contribution in [3.8, 4) is 0 Å². The standard InChI is InChI=1S/C18H13NO8/c1-7-3-4-10-8(5-7)11(18(26)27-2)13(17(24)25)14-12(16(22)23)9(15(20)21)6-19(10)14/h3-6H,1-2H3,(H,20,21)(H,22,23)(H,24,25). The Labute approximate surface area is 151 Å². The van der Waals surface area contributed by atoms with Gasteiger partial charge in [-0.25, -0.2) is 19.2 Å². The second-order valence-corrected chi connectivity index (χ2v) is 5.81. The number of ether oxygens (including phenoxy) is 1. The molecule has 3 N–H and O–H groups in total. The lowest BCUT2D eigenvalue weighted by atomic mass is 9.98. The van der Waals surface area contributed by atoms with Crippen LogP contribution < -0.4 is 0 Å². The number of carbonyl (C=O) groups excluding carboxylic acids is 1. The number of aromatic carboxylic acids is 3. The highest BCUT2D eigenvalue weighted by Gasteiger charge is 2.32. The minimum absolute atomic E-state index is 0.204. The fourth-order valence-electron chi connectivity index (χ4n) is 3.16. The molecular formula is C18H13NO8. The summed E-state index contributed by atoms with van der Waals surface area (Å²) >= 11 is 0. The first-order valence-corrected chi connectivity index (χ1v) is 7.58. The summed E-state index contributed by atoms with van der Waals surface area (Å²) in [5.41, 5.74) is -1.69. The molecule has 0 fully saturated rings. The van der Waals surface area contributed by atoms with Crippen molar-refractivity contribution in [2.75, 3.05) is 7.11 Å². The summed E-state index contributed by atoms with van der Waals surface area (Å²) in [6, 6.07) is 4.77. The number of fused-ring (bicyclic) bond motifs is 3. The number of rotatable bonds is 4. The van der Waals surface area contributed by atoms with Gasteiger partial charge in [0.2, 0.25) is 0 Å². The van der Waals surface area contributed by atoms with E-state index in [9.17, 15) is 34.5 Å². The molecule has 0 unspecified atom stereocenters. The Morgan fingerprint density at radius 3 is 2.07 bits per heavy atom. The molecule has 0 spiro atoms. The molecule has 9 nitrogen and oxygen atoms in total. The van der Waals surface area contributed by atoms with E-state index in [2.05, 4.69) is 0 Å². The van der Waals surface area contributed by atoms with Crippen LogP contribution in [-0.4, -0.2) is 50.7 Å². The van der Waals surface area contributed by atoms with Gasteiger partial charge in [-0.2, -0.15) is 0 Å². The summed E-state index contributed by atoms with van der Waals surface area (Å²) in [6.45, 7) is 1.73. The number of methoxy groups -OCH3 is 1. The van der Waals surface area contributed by atoms with Crippen LogP contribution in [0.5, 0.6) is 0 Å². The van der Waals surface area contributed by atoms with Crippen molar-refractivity contribution in [3.05, 3.63) is 52.2 Å². The number of aryl methyl sites for hydroxylation is 1. The summed E-state index contributed by atoms with van der Waals surface area (Å²) in [5.74, 6) is -5.71. The molecule has 1 aromatic carbocycles. The molecule has 27 heavy (non-hydrogen) atoms. The van der Waals surface area contributed by atoms with Crippen molar-refractivity contribution >= 4 is 40.3 Å². The third-order valence-electron chi connectivity index (χ3n) is 4.22. The van der Waals surface area contributed by atoms with Crippen LogP contribution in [0.15, 0.2) is 24.4 Å². The number of hydrogen-bond donors (Lipinski definition) is 3. The molecule has 0 radical (unpaired) electrons. The zero-order valence-electron chi connectivity index (χ0n) is 14.1.